The van der Waals surface area contributed by atoms with E-state index in [1.807, 2.05) is 5.32 Å². The molecule has 0 rings (SSSR count). The van der Waals surface area contributed by atoms with E-state index >= 15 is 0 Å². The lowest BCUT2D eigenvalue weighted by Gasteiger charge is -1.80. The van der Waals surface area contributed by atoms with E-state index < -0.39 is 0 Å². The Morgan fingerprint density at radius 3 is 1.55 bits per heavy atom. The zero-order valence-corrected chi connectivity index (χ0v) is 6.80. The molecule has 0 saturated carbocycles. The van der Waals surface area contributed by atoms with E-state index in [-0.39, 0.29) is 11.8 Å². The molecule has 0 fully saturated rings. The Morgan fingerprint density at radius 2 is 1.55 bits per heavy atom. The average molecular weight is 160 g/mol. The van der Waals surface area contributed by atoms with Crippen LogP contribution in [0.3, 0.4) is 0 Å². The Hall–Kier alpha value is -1.39. The Balaban J connectivity index is 0. The fraction of sp³-hybridized carbons (Fsp3) is 0.500. The smallest absolute Gasteiger partial charge is 0.223 e. The van der Waals surface area contributed by atoms with Crippen molar-refractivity contribution in [2.75, 3.05) is 7.05 Å². The first kappa shape index (κ1) is 12.3. The van der Waals surface area contributed by atoms with Gasteiger partial charge in [0.1, 0.15) is 0 Å². The fourth-order valence-electron chi connectivity index (χ4n) is 0.0830. The molecular weight excluding hydrogens is 148 g/mol. The van der Waals surface area contributed by atoms with Crippen molar-refractivity contribution in [2.45, 2.75) is 13.8 Å². The minimum Gasteiger partial charge on any atom is -0.359 e. The average Bonchev–Trinajstić information content (AvgIpc) is 1.89. The first-order valence-corrected chi connectivity index (χ1v) is 2.93. The van der Waals surface area contributed by atoms with E-state index in [4.69, 9.17) is 0 Å². The topological polar surface area (TPSA) is 75.3 Å². The summed E-state index contributed by atoms with van der Waals surface area (Å²) in [4.78, 5) is 28.7. The van der Waals surface area contributed by atoms with Crippen LogP contribution in [0.15, 0.2) is 0 Å². The standard InChI is InChI=1S/C3H5NO2.C3H7NO/c1-3(6)4-2-5;1-3(5)4-2/h2H,1H3,(H,4,5,6);1-2H3,(H,4,5). The summed E-state index contributed by atoms with van der Waals surface area (Å²) >= 11 is 0. The van der Waals surface area contributed by atoms with Crippen LogP contribution in [-0.2, 0) is 14.4 Å². The van der Waals surface area contributed by atoms with Gasteiger partial charge in [0.15, 0.2) is 0 Å². The third-order valence-corrected chi connectivity index (χ3v) is 0.614. The van der Waals surface area contributed by atoms with Crippen LogP contribution in [0.25, 0.3) is 0 Å². The van der Waals surface area contributed by atoms with Crippen molar-refractivity contribution in [2.24, 2.45) is 0 Å². The van der Waals surface area contributed by atoms with Crippen LogP contribution in [0.1, 0.15) is 13.8 Å². The second kappa shape index (κ2) is 8.61. The quantitative estimate of drug-likeness (QED) is 0.485. The van der Waals surface area contributed by atoms with Gasteiger partial charge in [-0.25, -0.2) is 0 Å². The zero-order chi connectivity index (χ0) is 9.28. The third-order valence-electron chi connectivity index (χ3n) is 0.614. The number of imide groups is 1. The molecule has 5 heteroatoms. The Kier molecular flexibility index (Phi) is 9.63. The highest BCUT2D eigenvalue weighted by Crippen LogP contribution is 1.47. The van der Waals surface area contributed by atoms with E-state index in [9.17, 15) is 14.4 Å². The normalized spacial score (nSPS) is 6.82. The summed E-state index contributed by atoms with van der Waals surface area (Å²) in [6, 6.07) is 0. The van der Waals surface area contributed by atoms with Crippen LogP contribution < -0.4 is 10.6 Å². The number of nitrogens with one attached hydrogen (secondary N) is 2. The molecule has 2 N–H and O–H groups in total. The number of rotatable bonds is 1. The van der Waals surface area contributed by atoms with Gasteiger partial charge in [-0.15, -0.1) is 0 Å². The number of hydrogen-bond acceptors (Lipinski definition) is 3. The summed E-state index contributed by atoms with van der Waals surface area (Å²) in [6.07, 6.45) is 0.350. The third kappa shape index (κ3) is 28.9. The van der Waals surface area contributed by atoms with Crippen molar-refractivity contribution >= 4 is 18.2 Å². The lowest BCUT2D eigenvalue weighted by molar-refractivity contribution is -0.123. The molecule has 0 aliphatic rings. The van der Waals surface area contributed by atoms with Crippen molar-refractivity contribution in [1.82, 2.24) is 10.6 Å². The van der Waals surface area contributed by atoms with Gasteiger partial charge in [-0.05, 0) is 0 Å². The SMILES string of the molecule is CC(=O)NC=O.CNC(C)=O. The number of carbonyl (C=O) groups is 3. The Labute approximate surface area is 65.2 Å². The minimum atomic E-state index is -0.329. The van der Waals surface area contributed by atoms with Crippen molar-refractivity contribution in [3.05, 3.63) is 0 Å². The molecule has 0 aromatic rings. The molecule has 0 aliphatic heterocycles. The van der Waals surface area contributed by atoms with Gasteiger partial charge in [0, 0.05) is 20.9 Å². The van der Waals surface area contributed by atoms with Gasteiger partial charge >= 0.3 is 0 Å². The van der Waals surface area contributed by atoms with Gasteiger partial charge in [0.2, 0.25) is 18.2 Å². The van der Waals surface area contributed by atoms with Crippen molar-refractivity contribution in [1.29, 1.82) is 0 Å². The Bertz CT molecular complexity index is 145. The molecule has 0 atom stereocenters. The summed E-state index contributed by atoms with van der Waals surface area (Å²) in [5.74, 6) is -0.324. The second-order valence-corrected chi connectivity index (χ2v) is 1.62. The molecule has 64 valence electrons. The molecule has 0 bridgehead atoms. The summed E-state index contributed by atoms with van der Waals surface area (Å²) < 4.78 is 0. The van der Waals surface area contributed by atoms with Crippen molar-refractivity contribution in [3.8, 4) is 0 Å². The Morgan fingerprint density at radius 1 is 1.18 bits per heavy atom. The molecular formula is C6H12N2O3. The first-order chi connectivity index (χ1) is 5.04. The highest BCUT2D eigenvalue weighted by atomic mass is 16.2. The predicted octanol–water partition coefficient (Wildman–Crippen LogP) is -0.969. The van der Waals surface area contributed by atoms with E-state index in [0.717, 1.165) is 0 Å². The molecule has 0 aliphatic carbocycles. The molecule has 0 radical (unpaired) electrons. The van der Waals surface area contributed by atoms with Crippen LogP contribution in [0.5, 0.6) is 0 Å². The maximum atomic E-state index is 9.70. The van der Waals surface area contributed by atoms with Crippen LogP contribution in [0.2, 0.25) is 0 Å². The van der Waals surface area contributed by atoms with E-state index in [1.165, 1.54) is 13.8 Å². The summed E-state index contributed by atoms with van der Waals surface area (Å²) in [6.45, 7) is 2.74. The highest BCUT2D eigenvalue weighted by Gasteiger charge is 1.79. The first-order valence-electron chi connectivity index (χ1n) is 2.93. The molecule has 0 spiro atoms. The number of carbonyl (C=O) groups excluding carboxylic acids is 3. The van der Waals surface area contributed by atoms with E-state index in [2.05, 4.69) is 5.32 Å². The van der Waals surface area contributed by atoms with Crippen molar-refractivity contribution < 1.29 is 14.4 Å². The number of hydrogen-bond donors (Lipinski definition) is 2. The summed E-state index contributed by atoms with van der Waals surface area (Å²) in [7, 11) is 1.60. The molecule has 0 saturated heterocycles. The molecule has 0 aromatic heterocycles. The fourth-order valence-corrected chi connectivity index (χ4v) is 0.0830. The lowest BCUT2D eigenvalue weighted by atomic mass is 10.7. The van der Waals surface area contributed by atoms with Gasteiger partial charge in [0.25, 0.3) is 0 Å². The van der Waals surface area contributed by atoms with Crippen LogP contribution in [0.4, 0.5) is 0 Å². The largest absolute Gasteiger partial charge is 0.359 e. The van der Waals surface area contributed by atoms with Gasteiger partial charge in [-0.1, -0.05) is 0 Å². The zero-order valence-electron chi connectivity index (χ0n) is 6.80. The molecule has 0 unspecified atom stereocenters. The number of amides is 3. The van der Waals surface area contributed by atoms with Gasteiger partial charge in [-0.3, -0.25) is 19.7 Å². The molecule has 0 heterocycles. The monoisotopic (exact) mass is 160 g/mol. The maximum Gasteiger partial charge on any atom is 0.223 e. The van der Waals surface area contributed by atoms with E-state index in [1.54, 1.807) is 7.05 Å². The summed E-state index contributed by atoms with van der Waals surface area (Å²) in [5, 5.41) is 4.28. The molecule has 0 aromatic carbocycles. The van der Waals surface area contributed by atoms with E-state index in [0.29, 0.717) is 6.41 Å². The summed E-state index contributed by atoms with van der Waals surface area (Å²) in [5.41, 5.74) is 0. The van der Waals surface area contributed by atoms with Crippen molar-refractivity contribution in [3.63, 3.8) is 0 Å². The second-order valence-electron chi connectivity index (χ2n) is 1.62. The van der Waals surface area contributed by atoms with Gasteiger partial charge < -0.3 is 5.32 Å². The van der Waals surface area contributed by atoms with Crippen LogP contribution >= 0.6 is 0 Å². The van der Waals surface area contributed by atoms with Crippen LogP contribution in [-0.4, -0.2) is 25.3 Å². The molecule has 5 nitrogen and oxygen atoms in total. The van der Waals surface area contributed by atoms with Crippen LogP contribution in [0, 0.1) is 0 Å². The van der Waals surface area contributed by atoms with Gasteiger partial charge in [0.05, 0.1) is 0 Å². The van der Waals surface area contributed by atoms with Gasteiger partial charge in [-0.2, -0.15) is 0 Å². The lowest BCUT2D eigenvalue weighted by Crippen LogP contribution is -2.16. The highest BCUT2D eigenvalue weighted by molar-refractivity contribution is 5.83. The molecule has 11 heavy (non-hydrogen) atoms. The minimum absolute atomic E-state index is 0.00463. The maximum absolute atomic E-state index is 9.70. The predicted molar refractivity (Wildman–Crippen MR) is 39.6 cm³/mol. The molecule has 3 amide bonds.